The zero-order valence-corrected chi connectivity index (χ0v) is 20.4. The molecule has 0 aromatic carbocycles. The van der Waals surface area contributed by atoms with Crippen molar-refractivity contribution < 1.29 is 24.1 Å². The van der Waals surface area contributed by atoms with Crippen LogP contribution < -0.4 is 0 Å². The molecule has 0 radical (unpaired) electrons. The fourth-order valence-electron chi connectivity index (χ4n) is 6.67. The Morgan fingerprint density at radius 2 is 1.94 bits per heavy atom. The second kappa shape index (κ2) is 9.21. The van der Waals surface area contributed by atoms with Crippen LogP contribution in [0.3, 0.4) is 0 Å². The quantitative estimate of drug-likeness (QED) is 0.402. The molecule has 0 aromatic rings. The van der Waals surface area contributed by atoms with Crippen LogP contribution in [0.4, 0.5) is 8.78 Å². The number of fused-ring (bicyclic) bond motifs is 1. The molecule has 0 unspecified atom stereocenters. The first-order valence-corrected chi connectivity index (χ1v) is 12.3. The zero-order chi connectivity index (χ0) is 23.9. The predicted molar refractivity (Wildman–Crippen MR) is 124 cm³/mol. The van der Waals surface area contributed by atoms with Crippen LogP contribution in [-0.4, -0.2) is 32.9 Å². The summed E-state index contributed by atoms with van der Waals surface area (Å²) in [7, 11) is 0. The lowest BCUT2D eigenvalue weighted by Gasteiger charge is -2.46. The lowest BCUT2D eigenvalue weighted by molar-refractivity contribution is -0.168. The van der Waals surface area contributed by atoms with Crippen molar-refractivity contribution in [3.8, 4) is 0 Å². The average molecular weight is 453 g/mol. The summed E-state index contributed by atoms with van der Waals surface area (Å²) in [6.07, 6.45) is 11.5. The predicted octanol–water partition coefficient (Wildman–Crippen LogP) is 6.72. The van der Waals surface area contributed by atoms with Crippen molar-refractivity contribution in [1.29, 1.82) is 0 Å². The second-order valence-electron chi connectivity index (χ2n) is 11.5. The SMILES string of the molecule is CC1=C(/C=C\[C@@H]2CCC[C@]3(C)[C@@H]([C@H](C)CCC(F)(F)C(C)(C)O)CC[C@@H]23)C=C(O)C[C@@H]1O. The first-order valence-electron chi connectivity index (χ1n) is 12.3. The maximum atomic E-state index is 14.3. The smallest absolute Gasteiger partial charge is 0.275 e. The van der Waals surface area contributed by atoms with Gasteiger partial charge < -0.3 is 15.3 Å². The Labute approximate surface area is 192 Å². The van der Waals surface area contributed by atoms with Gasteiger partial charge in [0.2, 0.25) is 0 Å². The third kappa shape index (κ3) is 4.99. The minimum absolute atomic E-state index is 0.143. The van der Waals surface area contributed by atoms with E-state index < -0.39 is 17.6 Å². The summed E-state index contributed by atoms with van der Waals surface area (Å²) in [6.45, 7) is 8.78. The Hall–Kier alpha value is -1.20. The number of hydrogen-bond acceptors (Lipinski definition) is 3. The van der Waals surface area contributed by atoms with Crippen molar-refractivity contribution in [3.63, 3.8) is 0 Å². The van der Waals surface area contributed by atoms with E-state index in [4.69, 9.17) is 0 Å². The van der Waals surface area contributed by atoms with E-state index in [0.717, 1.165) is 43.3 Å². The molecule has 0 spiro atoms. The van der Waals surface area contributed by atoms with Crippen LogP contribution in [0.25, 0.3) is 0 Å². The molecule has 3 N–H and O–H groups in total. The molecule has 2 saturated carbocycles. The molecule has 0 bridgehead atoms. The molecule has 32 heavy (non-hydrogen) atoms. The lowest BCUT2D eigenvalue weighted by atomic mass is 9.59. The Morgan fingerprint density at radius 3 is 2.59 bits per heavy atom. The summed E-state index contributed by atoms with van der Waals surface area (Å²) in [5, 5.41) is 29.9. The van der Waals surface area contributed by atoms with Gasteiger partial charge in [-0.1, -0.05) is 32.4 Å². The summed E-state index contributed by atoms with van der Waals surface area (Å²) in [4.78, 5) is 0. The molecule has 3 aliphatic carbocycles. The van der Waals surface area contributed by atoms with Gasteiger partial charge in [-0.3, -0.25) is 0 Å². The number of allylic oxidation sites excluding steroid dienone is 4. The molecule has 0 aromatic heterocycles. The third-order valence-electron chi connectivity index (χ3n) is 8.95. The van der Waals surface area contributed by atoms with E-state index >= 15 is 0 Å². The molecule has 2 fully saturated rings. The van der Waals surface area contributed by atoms with Gasteiger partial charge >= 0.3 is 0 Å². The van der Waals surface area contributed by atoms with Crippen molar-refractivity contribution in [3.05, 3.63) is 35.1 Å². The van der Waals surface area contributed by atoms with Gasteiger partial charge in [-0.2, -0.15) is 0 Å². The van der Waals surface area contributed by atoms with Gasteiger partial charge in [-0.25, -0.2) is 8.78 Å². The molecule has 0 heterocycles. The standard InChI is InChI=1S/C27H42F2O3/c1-17(12-14-27(28,29)25(3,4)32)22-10-11-23-19(7-6-13-26(22,23)5)8-9-20-15-21(30)16-24(31)18(20)2/h8-9,15,17,19,22-24,30-32H,6-7,10-14,16H2,1-5H3/b9-8-/t17-,19+,22-,23+,24+,26-/m1/s1. The Morgan fingerprint density at radius 1 is 1.25 bits per heavy atom. The van der Waals surface area contributed by atoms with E-state index in [1.165, 1.54) is 13.8 Å². The Kier molecular flexibility index (Phi) is 7.32. The second-order valence-corrected chi connectivity index (χ2v) is 11.5. The summed E-state index contributed by atoms with van der Waals surface area (Å²) in [5.41, 5.74) is -0.0594. The van der Waals surface area contributed by atoms with Gasteiger partial charge in [0.15, 0.2) is 0 Å². The highest BCUT2D eigenvalue weighted by atomic mass is 19.3. The van der Waals surface area contributed by atoms with Crippen molar-refractivity contribution >= 4 is 0 Å². The van der Waals surface area contributed by atoms with Crippen molar-refractivity contribution in [2.45, 2.75) is 104 Å². The monoisotopic (exact) mass is 452 g/mol. The summed E-state index contributed by atoms with van der Waals surface area (Å²) >= 11 is 0. The Balaban J connectivity index is 1.70. The fourth-order valence-corrected chi connectivity index (χ4v) is 6.67. The highest BCUT2D eigenvalue weighted by Gasteiger charge is 2.52. The molecule has 0 amide bonds. The average Bonchev–Trinajstić information content (AvgIpc) is 3.04. The van der Waals surface area contributed by atoms with E-state index in [1.807, 2.05) is 6.92 Å². The molecule has 3 aliphatic rings. The van der Waals surface area contributed by atoms with Gasteiger partial charge in [-0.05, 0) is 99.2 Å². The minimum Gasteiger partial charge on any atom is -0.512 e. The molecule has 5 heteroatoms. The minimum atomic E-state index is -3.08. The van der Waals surface area contributed by atoms with Crippen LogP contribution in [-0.2, 0) is 0 Å². The zero-order valence-electron chi connectivity index (χ0n) is 20.4. The maximum absolute atomic E-state index is 14.3. The van der Waals surface area contributed by atoms with Crippen LogP contribution in [0.5, 0.6) is 0 Å². The molecule has 0 saturated heterocycles. The number of halogens is 2. The van der Waals surface area contributed by atoms with Crippen LogP contribution in [0.1, 0.15) is 86.0 Å². The number of aliphatic hydroxyl groups excluding tert-OH is 2. The van der Waals surface area contributed by atoms with Gasteiger partial charge in [0, 0.05) is 12.8 Å². The van der Waals surface area contributed by atoms with Crippen molar-refractivity contribution in [1.82, 2.24) is 0 Å². The molecule has 182 valence electrons. The molecule has 3 nitrogen and oxygen atoms in total. The van der Waals surface area contributed by atoms with Gasteiger partial charge in [0.25, 0.3) is 5.92 Å². The summed E-state index contributed by atoms with van der Waals surface area (Å²) in [6, 6.07) is 0. The number of hydrogen-bond donors (Lipinski definition) is 3. The van der Waals surface area contributed by atoms with Crippen molar-refractivity contribution in [2.24, 2.45) is 29.1 Å². The molecule has 0 aliphatic heterocycles. The largest absolute Gasteiger partial charge is 0.512 e. The van der Waals surface area contributed by atoms with E-state index in [9.17, 15) is 24.1 Å². The van der Waals surface area contributed by atoms with E-state index in [-0.39, 0.29) is 29.9 Å². The Bertz CT molecular complexity index is 776. The van der Waals surface area contributed by atoms with Crippen molar-refractivity contribution in [2.75, 3.05) is 0 Å². The van der Waals surface area contributed by atoms with Gasteiger partial charge in [0.1, 0.15) is 5.60 Å². The normalized spacial score (nSPS) is 35.2. The summed E-state index contributed by atoms with van der Waals surface area (Å²) < 4.78 is 28.7. The first-order chi connectivity index (χ1) is 14.8. The first kappa shape index (κ1) is 25.4. The lowest BCUT2D eigenvalue weighted by Crippen LogP contribution is -2.43. The molecule has 3 rings (SSSR count). The van der Waals surface area contributed by atoms with Crippen LogP contribution in [0.2, 0.25) is 0 Å². The number of rotatable bonds is 7. The number of aliphatic hydroxyl groups is 3. The highest BCUT2D eigenvalue weighted by molar-refractivity contribution is 5.41. The van der Waals surface area contributed by atoms with E-state index in [1.54, 1.807) is 6.08 Å². The third-order valence-corrected chi connectivity index (χ3v) is 8.95. The maximum Gasteiger partial charge on any atom is 0.275 e. The van der Waals surface area contributed by atoms with Gasteiger partial charge in [0.05, 0.1) is 11.9 Å². The molecular weight excluding hydrogens is 410 g/mol. The molecular formula is C27H42F2O3. The highest BCUT2D eigenvalue weighted by Crippen LogP contribution is 2.60. The van der Waals surface area contributed by atoms with E-state index in [0.29, 0.717) is 24.2 Å². The fraction of sp³-hybridized carbons (Fsp3) is 0.778. The van der Waals surface area contributed by atoms with E-state index in [2.05, 4.69) is 26.0 Å². The van der Waals surface area contributed by atoms with Crippen LogP contribution >= 0.6 is 0 Å². The van der Waals surface area contributed by atoms with Crippen LogP contribution in [0, 0.1) is 29.1 Å². The molecule has 6 atom stereocenters. The topological polar surface area (TPSA) is 60.7 Å². The van der Waals surface area contributed by atoms with Gasteiger partial charge in [-0.15, -0.1) is 0 Å². The summed E-state index contributed by atoms with van der Waals surface area (Å²) in [5.74, 6) is -1.29. The number of alkyl halides is 2. The van der Waals surface area contributed by atoms with Crippen LogP contribution in [0.15, 0.2) is 35.1 Å².